The van der Waals surface area contributed by atoms with Crippen LogP contribution in [0.5, 0.6) is 0 Å². The molecular formula is C15H15BrClNO2S. The van der Waals surface area contributed by atoms with Crippen molar-refractivity contribution in [3.05, 3.63) is 63.6 Å². The van der Waals surface area contributed by atoms with Crippen molar-refractivity contribution in [2.45, 2.75) is 17.9 Å². The predicted octanol–water partition coefficient (Wildman–Crippen LogP) is 4.48. The van der Waals surface area contributed by atoms with Crippen LogP contribution >= 0.6 is 27.5 Å². The highest BCUT2D eigenvalue weighted by atomic mass is 79.9. The number of hydrogen-bond acceptors (Lipinski definition) is 2. The van der Waals surface area contributed by atoms with Crippen molar-refractivity contribution in [2.75, 3.05) is 7.05 Å². The maximum atomic E-state index is 12.7. The Bertz CT molecular complexity index is 749. The van der Waals surface area contributed by atoms with Crippen LogP contribution in [0, 0.1) is 0 Å². The minimum atomic E-state index is -3.56. The van der Waals surface area contributed by atoms with Crippen molar-refractivity contribution in [3.8, 4) is 0 Å². The first-order chi connectivity index (χ1) is 9.82. The van der Waals surface area contributed by atoms with Crippen LogP contribution in [0.2, 0.25) is 5.02 Å². The lowest BCUT2D eigenvalue weighted by atomic mass is 10.1. The van der Waals surface area contributed by atoms with Crippen LogP contribution in [0.4, 0.5) is 0 Å². The third-order valence-electron chi connectivity index (χ3n) is 3.35. The van der Waals surface area contributed by atoms with Gasteiger partial charge >= 0.3 is 0 Å². The molecule has 2 rings (SSSR count). The molecule has 0 aliphatic heterocycles. The summed E-state index contributed by atoms with van der Waals surface area (Å²) in [5.74, 6) is 0. The van der Waals surface area contributed by atoms with Crippen molar-refractivity contribution in [2.24, 2.45) is 0 Å². The zero-order valence-corrected chi connectivity index (χ0v) is 14.8. The van der Waals surface area contributed by atoms with E-state index in [2.05, 4.69) is 15.9 Å². The van der Waals surface area contributed by atoms with E-state index in [1.165, 1.54) is 4.31 Å². The van der Waals surface area contributed by atoms with Gasteiger partial charge in [-0.25, -0.2) is 8.42 Å². The Morgan fingerprint density at radius 3 is 2.43 bits per heavy atom. The summed E-state index contributed by atoms with van der Waals surface area (Å²) >= 11 is 9.27. The third-order valence-corrected chi connectivity index (χ3v) is 6.00. The van der Waals surface area contributed by atoms with Crippen LogP contribution in [-0.2, 0) is 10.0 Å². The van der Waals surface area contributed by atoms with Gasteiger partial charge in [0.2, 0.25) is 10.0 Å². The van der Waals surface area contributed by atoms with Crippen molar-refractivity contribution in [1.82, 2.24) is 4.31 Å². The van der Waals surface area contributed by atoms with Gasteiger partial charge in [-0.2, -0.15) is 4.31 Å². The molecule has 0 aliphatic rings. The normalized spacial score (nSPS) is 13.4. The highest BCUT2D eigenvalue weighted by Crippen LogP contribution is 2.28. The van der Waals surface area contributed by atoms with Gasteiger partial charge in [0.25, 0.3) is 0 Å². The van der Waals surface area contributed by atoms with Gasteiger partial charge < -0.3 is 0 Å². The van der Waals surface area contributed by atoms with Crippen LogP contribution in [0.15, 0.2) is 57.9 Å². The second-order valence-electron chi connectivity index (χ2n) is 4.71. The fraction of sp³-hybridized carbons (Fsp3) is 0.200. The zero-order valence-electron chi connectivity index (χ0n) is 11.6. The van der Waals surface area contributed by atoms with Crippen LogP contribution in [-0.4, -0.2) is 19.8 Å². The number of hydrogen-bond donors (Lipinski definition) is 0. The molecule has 0 N–H and O–H groups in total. The Hall–Kier alpha value is -0.880. The fourth-order valence-corrected chi connectivity index (χ4v) is 4.12. The van der Waals surface area contributed by atoms with Gasteiger partial charge in [-0.1, -0.05) is 45.7 Å². The number of nitrogens with zero attached hydrogens (tertiary/aromatic N) is 1. The summed E-state index contributed by atoms with van der Waals surface area (Å²) in [6, 6.07) is 13.6. The Kier molecular flexibility index (Phi) is 5.09. The van der Waals surface area contributed by atoms with Crippen LogP contribution in [0.25, 0.3) is 0 Å². The topological polar surface area (TPSA) is 37.4 Å². The molecule has 0 saturated heterocycles. The minimum absolute atomic E-state index is 0.258. The average Bonchev–Trinajstić information content (AvgIpc) is 2.45. The number of sulfonamides is 1. The van der Waals surface area contributed by atoms with Crippen LogP contribution in [0.1, 0.15) is 18.5 Å². The lowest BCUT2D eigenvalue weighted by Crippen LogP contribution is -2.29. The molecule has 0 aromatic heterocycles. The summed E-state index contributed by atoms with van der Waals surface area (Å²) in [6.07, 6.45) is 0. The standard InChI is InChI=1S/C15H15BrClNO2S/c1-11(12-5-3-7-14(17)9-12)18(2)21(19,20)15-8-4-6-13(16)10-15/h3-11H,1-2H3. The van der Waals surface area contributed by atoms with Gasteiger partial charge in [0.15, 0.2) is 0 Å². The molecule has 0 heterocycles. The first-order valence-corrected chi connectivity index (χ1v) is 8.92. The molecule has 21 heavy (non-hydrogen) atoms. The van der Waals surface area contributed by atoms with Crippen molar-refractivity contribution < 1.29 is 8.42 Å². The molecule has 0 spiro atoms. The molecule has 0 radical (unpaired) electrons. The van der Waals surface area contributed by atoms with E-state index in [9.17, 15) is 8.42 Å². The van der Waals surface area contributed by atoms with E-state index in [-0.39, 0.29) is 10.9 Å². The van der Waals surface area contributed by atoms with Crippen LogP contribution < -0.4 is 0 Å². The quantitative estimate of drug-likeness (QED) is 0.774. The maximum Gasteiger partial charge on any atom is 0.243 e. The van der Waals surface area contributed by atoms with Crippen molar-refractivity contribution >= 4 is 37.6 Å². The molecule has 1 atom stereocenters. The summed E-state index contributed by atoms with van der Waals surface area (Å²) in [5, 5.41) is 0.590. The molecule has 3 nitrogen and oxygen atoms in total. The Labute approximate surface area is 138 Å². The maximum absolute atomic E-state index is 12.7. The summed E-state index contributed by atoms with van der Waals surface area (Å²) in [7, 11) is -1.99. The smallest absolute Gasteiger partial charge is 0.207 e. The molecule has 6 heteroatoms. The Balaban J connectivity index is 2.36. The molecule has 0 amide bonds. The second-order valence-corrected chi connectivity index (χ2v) is 8.06. The van der Waals surface area contributed by atoms with Gasteiger partial charge in [0.05, 0.1) is 4.90 Å². The summed E-state index contributed by atoms with van der Waals surface area (Å²) < 4.78 is 27.4. The van der Waals surface area contributed by atoms with E-state index in [1.807, 2.05) is 19.1 Å². The van der Waals surface area contributed by atoms with Crippen LogP contribution in [0.3, 0.4) is 0 Å². The highest BCUT2D eigenvalue weighted by Gasteiger charge is 2.26. The summed E-state index contributed by atoms with van der Waals surface area (Å²) in [6.45, 7) is 1.83. The molecule has 2 aromatic rings. The first kappa shape index (κ1) is 16.5. The van der Waals surface area contributed by atoms with E-state index < -0.39 is 10.0 Å². The molecule has 0 fully saturated rings. The number of rotatable bonds is 4. The molecule has 0 aliphatic carbocycles. The number of benzene rings is 2. The number of halogens is 2. The lowest BCUT2D eigenvalue weighted by molar-refractivity contribution is 0.398. The molecule has 1 unspecified atom stereocenters. The molecule has 0 saturated carbocycles. The Morgan fingerprint density at radius 1 is 1.14 bits per heavy atom. The van der Waals surface area contributed by atoms with Crippen molar-refractivity contribution in [3.63, 3.8) is 0 Å². The van der Waals surface area contributed by atoms with E-state index in [1.54, 1.807) is 43.4 Å². The van der Waals surface area contributed by atoms with Crippen molar-refractivity contribution in [1.29, 1.82) is 0 Å². The molecule has 112 valence electrons. The predicted molar refractivity (Wildman–Crippen MR) is 89.0 cm³/mol. The fourth-order valence-electron chi connectivity index (χ4n) is 1.98. The van der Waals surface area contributed by atoms with Gasteiger partial charge in [-0.15, -0.1) is 0 Å². The van der Waals surface area contributed by atoms with Gasteiger partial charge in [0, 0.05) is 22.6 Å². The molecular weight excluding hydrogens is 374 g/mol. The monoisotopic (exact) mass is 387 g/mol. The van der Waals surface area contributed by atoms with Gasteiger partial charge in [-0.05, 0) is 42.8 Å². The average molecular weight is 389 g/mol. The summed E-state index contributed by atoms with van der Waals surface area (Å²) in [5.41, 5.74) is 0.851. The summed E-state index contributed by atoms with van der Waals surface area (Å²) in [4.78, 5) is 0.258. The zero-order chi connectivity index (χ0) is 15.6. The molecule has 0 bridgehead atoms. The van der Waals surface area contributed by atoms with E-state index in [0.29, 0.717) is 5.02 Å². The van der Waals surface area contributed by atoms with E-state index >= 15 is 0 Å². The van der Waals surface area contributed by atoms with Gasteiger partial charge in [-0.3, -0.25) is 0 Å². The lowest BCUT2D eigenvalue weighted by Gasteiger charge is -2.25. The Morgan fingerprint density at radius 2 is 1.81 bits per heavy atom. The SMILES string of the molecule is CC(c1cccc(Cl)c1)N(C)S(=O)(=O)c1cccc(Br)c1. The first-order valence-electron chi connectivity index (χ1n) is 6.31. The third kappa shape index (κ3) is 3.66. The van der Waals surface area contributed by atoms with Gasteiger partial charge in [0.1, 0.15) is 0 Å². The largest absolute Gasteiger partial charge is 0.243 e. The van der Waals surface area contributed by atoms with E-state index in [0.717, 1.165) is 10.0 Å². The van der Waals surface area contributed by atoms with E-state index in [4.69, 9.17) is 11.6 Å². The minimum Gasteiger partial charge on any atom is -0.207 e. The highest BCUT2D eigenvalue weighted by molar-refractivity contribution is 9.10. The second kappa shape index (κ2) is 6.48. The molecule has 2 aromatic carbocycles.